The molecular formula is C100H130N4+4. The van der Waals surface area contributed by atoms with E-state index in [9.17, 15) is 0 Å². The van der Waals surface area contributed by atoms with Gasteiger partial charge in [0.1, 0.15) is 28.2 Å². The fourth-order valence-corrected chi connectivity index (χ4v) is 15.8. The van der Waals surface area contributed by atoms with Crippen LogP contribution in [0.2, 0.25) is 0 Å². The molecule has 4 aromatic heterocycles. The van der Waals surface area contributed by atoms with Crippen LogP contribution in [0.15, 0.2) is 183 Å². The van der Waals surface area contributed by atoms with Gasteiger partial charge in [-0.1, -0.05) is 205 Å². The topological polar surface area (TPSA) is 15.5 Å². The smallest absolute Gasteiger partial charge is 0.201 e. The molecule has 10 aromatic rings. The molecule has 0 bridgehead atoms. The maximum atomic E-state index is 9.14. The molecule has 0 aliphatic heterocycles. The third-order valence-electron chi connectivity index (χ3n) is 20.9. The van der Waals surface area contributed by atoms with Crippen LogP contribution >= 0.6 is 0 Å². The van der Waals surface area contributed by atoms with E-state index in [0.717, 1.165) is 51.1 Å². The van der Waals surface area contributed by atoms with E-state index in [2.05, 4.69) is 117 Å². The van der Waals surface area contributed by atoms with Crippen LogP contribution in [-0.2, 0) is 53.7 Å². The minimum atomic E-state index is -2.31. The van der Waals surface area contributed by atoms with Crippen LogP contribution in [0.5, 0.6) is 0 Å². The zero-order valence-electron chi connectivity index (χ0n) is 80.5. The molecule has 0 atom stereocenters. The van der Waals surface area contributed by atoms with E-state index in [1.54, 1.807) is 75.5 Å². The van der Waals surface area contributed by atoms with Crippen LogP contribution in [0, 0.1) is 71.0 Å². The molecule has 0 N–H and O–H groups in total. The predicted octanol–water partition coefficient (Wildman–Crippen LogP) is 24.8. The molecule has 4 nitrogen and oxygen atoms in total. The summed E-state index contributed by atoms with van der Waals surface area (Å²) in [5.41, 5.74) is 21.6. The third-order valence-corrected chi connectivity index (χ3v) is 20.9. The zero-order chi connectivity index (χ0) is 86.9. The van der Waals surface area contributed by atoms with Gasteiger partial charge in [-0.3, -0.25) is 0 Å². The predicted molar refractivity (Wildman–Crippen MR) is 443 cm³/mol. The van der Waals surface area contributed by atoms with Gasteiger partial charge >= 0.3 is 0 Å². The molecule has 13 rings (SSSR count). The van der Waals surface area contributed by atoms with Gasteiger partial charge in [0.2, 0.25) is 22.8 Å². The van der Waals surface area contributed by atoms with Gasteiger partial charge in [0.25, 0.3) is 0 Å². The molecule has 3 aliphatic rings. The second kappa shape index (κ2) is 34.9. The fourth-order valence-electron chi connectivity index (χ4n) is 15.8. The average Bonchev–Trinajstić information content (AvgIpc) is 0.759. The summed E-state index contributed by atoms with van der Waals surface area (Å²) in [5.74, 6) is 1.66. The first kappa shape index (κ1) is 61.1. The van der Waals surface area contributed by atoms with Crippen LogP contribution in [0.1, 0.15) is 261 Å². The van der Waals surface area contributed by atoms with Crippen molar-refractivity contribution in [2.45, 2.75) is 238 Å². The van der Waals surface area contributed by atoms with Gasteiger partial charge in [0.15, 0.2) is 24.8 Å². The van der Waals surface area contributed by atoms with Gasteiger partial charge < -0.3 is 0 Å². The van der Waals surface area contributed by atoms with E-state index in [0.29, 0.717) is 44.8 Å². The largest absolute Gasteiger partial charge is 0.212 e. The van der Waals surface area contributed by atoms with Crippen LogP contribution in [0.25, 0.3) is 67.3 Å². The maximum absolute atomic E-state index is 9.14. The van der Waals surface area contributed by atoms with Gasteiger partial charge in [0, 0.05) is 88.0 Å². The zero-order valence-corrected chi connectivity index (χ0v) is 66.5. The second-order valence-corrected chi connectivity index (χ2v) is 33.0. The van der Waals surface area contributed by atoms with Gasteiger partial charge in [-0.2, -0.15) is 0 Å². The summed E-state index contributed by atoms with van der Waals surface area (Å²) in [4.78, 5) is 0. The normalized spacial score (nSPS) is 17.1. The Balaban J connectivity index is 0.000000170. The Hall–Kier alpha value is -8.08. The van der Waals surface area contributed by atoms with Crippen molar-refractivity contribution in [2.24, 2.45) is 50.9 Å². The highest BCUT2D eigenvalue weighted by molar-refractivity contribution is 5.77. The summed E-state index contributed by atoms with van der Waals surface area (Å²) in [5, 5.41) is 0. The number of hydrogen-bond donors (Lipinski definition) is 0. The maximum Gasteiger partial charge on any atom is 0.212 e. The Morgan fingerprint density at radius 1 is 0.346 bits per heavy atom. The first-order valence-electron chi connectivity index (χ1n) is 45.7. The quantitative estimate of drug-likeness (QED) is 0.0909. The fraction of sp³-hybridized carbons (Fsp3) is 0.440. The van der Waals surface area contributed by atoms with Crippen molar-refractivity contribution in [1.82, 2.24) is 0 Å². The highest BCUT2D eigenvalue weighted by Crippen LogP contribution is 2.41. The number of rotatable bonds is 15. The molecule has 3 saturated carbocycles. The van der Waals surface area contributed by atoms with E-state index in [1.165, 1.54) is 122 Å². The molecule has 3 aliphatic carbocycles. The molecule has 546 valence electrons. The number of nitrogens with zero attached hydrogens (tertiary/aromatic N) is 4. The Kier molecular flexibility index (Phi) is 20.5. The summed E-state index contributed by atoms with van der Waals surface area (Å²) in [6.07, 6.45) is 17.5. The number of pyridine rings is 4. The van der Waals surface area contributed by atoms with Crippen molar-refractivity contribution >= 4 is 0 Å². The van der Waals surface area contributed by atoms with E-state index in [4.69, 9.17) is 19.2 Å². The van der Waals surface area contributed by atoms with Gasteiger partial charge in [-0.15, -0.1) is 0 Å². The lowest BCUT2D eigenvalue weighted by Gasteiger charge is -2.24. The number of hydrogen-bond acceptors (Lipinski definition) is 0. The molecule has 6 aromatic carbocycles. The van der Waals surface area contributed by atoms with Crippen LogP contribution < -0.4 is 18.3 Å². The van der Waals surface area contributed by atoms with Gasteiger partial charge in [-0.05, 0) is 267 Å². The minimum Gasteiger partial charge on any atom is -0.201 e. The van der Waals surface area contributed by atoms with Crippen molar-refractivity contribution in [3.8, 4) is 67.3 Å². The van der Waals surface area contributed by atoms with Crippen molar-refractivity contribution in [3.05, 3.63) is 260 Å². The van der Waals surface area contributed by atoms with Crippen molar-refractivity contribution in [3.63, 3.8) is 0 Å². The Morgan fingerprint density at radius 2 is 0.712 bits per heavy atom. The number of aryl methyl sites for hydroxylation is 11. The van der Waals surface area contributed by atoms with Crippen molar-refractivity contribution < 1.29 is 37.5 Å². The first-order valence-corrected chi connectivity index (χ1v) is 38.7. The van der Waals surface area contributed by atoms with Crippen LogP contribution in [0.3, 0.4) is 0 Å². The van der Waals surface area contributed by atoms with E-state index >= 15 is 0 Å². The average molecular weight is 1400 g/mol. The van der Waals surface area contributed by atoms with Crippen molar-refractivity contribution in [1.29, 1.82) is 0 Å². The van der Waals surface area contributed by atoms with E-state index in [-0.39, 0.29) is 23.0 Å². The Bertz CT molecular complexity index is 5110. The SMILES string of the molecule is Cc1cc(C2CCCC2)ccc1-c1ccc(C2CCCC2)c[n+]1C.Cc1ccc(-c2ccc(C3CCCC3)cc2C)[n+](C)c1.[2H]C([2H])([2H])c1cc(C)c(-c2cc(C([2H])([2H])C(C)(C)C)c(C([2H])([2H])C(C)(C)C)c[n+]2C)cc1-c1ccccc1.[2H]C([2H])([2H])c1cc(C)c(-c2cc(C([2H])([2H])C(C)C)c(C([2H])([2H])C(C)C)c[n+]2C)cc1-c1ccccc1. The van der Waals surface area contributed by atoms with Crippen LogP contribution in [0.4, 0.5) is 0 Å². The minimum absolute atomic E-state index is 0.263. The highest BCUT2D eigenvalue weighted by Gasteiger charge is 2.28. The summed E-state index contributed by atoms with van der Waals surface area (Å²) in [7, 11) is 7.99. The van der Waals surface area contributed by atoms with E-state index in [1.807, 2.05) is 151 Å². The van der Waals surface area contributed by atoms with Gasteiger partial charge in [0.05, 0.1) is 0 Å². The lowest BCUT2D eigenvalue weighted by molar-refractivity contribution is -0.661. The molecular weight excluding hydrogens is 1260 g/mol. The summed E-state index contributed by atoms with van der Waals surface area (Å²) < 4.78 is 129. The lowest BCUT2D eigenvalue weighted by Crippen LogP contribution is -2.33. The summed E-state index contributed by atoms with van der Waals surface area (Å²) >= 11 is 0. The third kappa shape index (κ3) is 20.5. The second-order valence-electron chi connectivity index (χ2n) is 33.0. The Labute approximate surface area is 650 Å². The monoisotopic (exact) mass is 1400 g/mol. The molecule has 0 radical (unpaired) electrons. The number of aromatic nitrogens is 4. The van der Waals surface area contributed by atoms with E-state index < -0.39 is 50.0 Å². The molecule has 104 heavy (non-hydrogen) atoms. The summed E-state index contributed by atoms with van der Waals surface area (Å²) in [6, 6.07) is 52.8. The summed E-state index contributed by atoms with van der Waals surface area (Å²) in [6.45, 7) is 23.9. The molecule has 3 fully saturated rings. The van der Waals surface area contributed by atoms with Gasteiger partial charge in [-0.25, -0.2) is 18.3 Å². The number of benzene rings is 6. The molecule has 0 amide bonds. The lowest BCUT2D eigenvalue weighted by atomic mass is 9.81. The molecule has 4 heteroatoms. The standard InChI is InChI=1S/C30H40N.C28H36N.C23H30N.C19H24N/c1-21-15-22(2)27(17-26(21)23-13-11-10-12-14-23)28-16-24(18-29(3,4)5)25(20-31(28)9)19-30(6,7)8;1-19(2)13-24-16-28(29(7)18-25(24)14-20(3)4)27-17-26(21(5)15-22(27)6)23-11-9-8-10-12-23;1-17-15-20(18-7-3-4-8-18)11-13-22(17)23-14-12-21(16-24(23)2)19-9-5-6-10-19;1-14-8-11-19(20(3)13-14)18-10-9-17(12-15(18)2)16-6-4-5-7-16/h10-17,20H,18-19H2,1-9H3;8-12,15-20H,13-14H2,1-7H3;11-16,18-19H,3-10H2,1-2H3;8-13,16H,4-7H2,1-3H3/q4*+1/i1D3,18D2,19D2;5D3,13D2,14D2;;. The van der Waals surface area contributed by atoms with Crippen molar-refractivity contribution in [2.75, 3.05) is 0 Å². The first-order chi connectivity index (χ1) is 55.0. The molecule has 0 spiro atoms. The molecule has 0 unspecified atom stereocenters. The van der Waals surface area contributed by atoms with Crippen LogP contribution in [-0.4, -0.2) is 0 Å². The highest BCUT2D eigenvalue weighted by atomic mass is 14.9. The molecule has 0 saturated heterocycles. The molecule has 4 heterocycles. The Morgan fingerprint density at radius 3 is 1.12 bits per heavy atom.